The van der Waals surface area contributed by atoms with Gasteiger partial charge in [0.15, 0.2) is 0 Å². The van der Waals surface area contributed by atoms with Crippen LogP contribution in [0.1, 0.15) is 77.5 Å². The van der Waals surface area contributed by atoms with Crippen LogP contribution >= 0.6 is 0 Å². The lowest BCUT2D eigenvalue weighted by Crippen LogP contribution is -2.49. The predicted molar refractivity (Wildman–Crippen MR) is 137 cm³/mol. The van der Waals surface area contributed by atoms with Crippen LogP contribution in [0.15, 0.2) is 54.6 Å². The molecule has 0 unspecified atom stereocenters. The number of aliphatic hydroxyl groups excluding tert-OH is 1. The number of hydrogen-bond acceptors (Lipinski definition) is 5. The Labute approximate surface area is 209 Å². The van der Waals surface area contributed by atoms with Crippen LogP contribution in [0.2, 0.25) is 0 Å². The van der Waals surface area contributed by atoms with Gasteiger partial charge in [0.05, 0.1) is 17.2 Å². The van der Waals surface area contributed by atoms with Gasteiger partial charge in [0.2, 0.25) is 0 Å². The largest absolute Gasteiger partial charge is 0.494 e. The number of benzene rings is 2. The lowest BCUT2D eigenvalue weighted by Gasteiger charge is -2.44. The van der Waals surface area contributed by atoms with Crippen molar-refractivity contribution in [3.63, 3.8) is 0 Å². The summed E-state index contributed by atoms with van der Waals surface area (Å²) in [5.41, 5.74) is 1.54. The molecule has 2 aliphatic rings. The number of amides is 1. The van der Waals surface area contributed by atoms with Gasteiger partial charge < -0.3 is 24.1 Å². The van der Waals surface area contributed by atoms with Gasteiger partial charge in [-0.3, -0.25) is 0 Å². The summed E-state index contributed by atoms with van der Waals surface area (Å²) < 4.78 is 18.5. The van der Waals surface area contributed by atoms with E-state index in [2.05, 4.69) is 19.1 Å². The molecule has 1 amide bonds. The summed E-state index contributed by atoms with van der Waals surface area (Å²) in [4.78, 5) is 15.2. The molecule has 7 heteroatoms. The van der Waals surface area contributed by atoms with Crippen LogP contribution in [-0.4, -0.2) is 47.6 Å². The van der Waals surface area contributed by atoms with E-state index in [1.54, 1.807) is 0 Å². The maximum atomic E-state index is 13.3. The van der Waals surface area contributed by atoms with Gasteiger partial charge in [0.25, 0.3) is 0 Å². The maximum absolute atomic E-state index is 13.3. The average Bonchev–Trinajstić information content (AvgIpc) is 3.07. The molecule has 2 atom stereocenters. The molecule has 188 valence electrons. The normalized spacial score (nSPS) is 24.3. The molecule has 1 N–H and O–H groups in total. The minimum atomic E-state index is -0.698. The van der Waals surface area contributed by atoms with Crippen LogP contribution in [-0.2, 0) is 19.6 Å². The first-order valence-electron chi connectivity index (χ1n) is 12.7. The van der Waals surface area contributed by atoms with Crippen molar-refractivity contribution in [1.82, 2.24) is 4.90 Å². The SMILES string of the molecule is CC[C@@H](c1ccc(B2OC(C)(C)C(C)(C)O2)cc1)N1CC[C@](CCCO)(c2ccccc2)OC1=O. The van der Waals surface area contributed by atoms with E-state index in [4.69, 9.17) is 14.0 Å². The van der Waals surface area contributed by atoms with E-state index >= 15 is 0 Å². The highest BCUT2D eigenvalue weighted by Gasteiger charge is 2.51. The van der Waals surface area contributed by atoms with Crippen LogP contribution < -0.4 is 5.46 Å². The van der Waals surface area contributed by atoms with Crippen LogP contribution in [0.3, 0.4) is 0 Å². The number of carbonyl (C=O) groups is 1. The molecule has 2 aromatic rings. The fraction of sp³-hybridized carbons (Fsp3) is 0.536. The molecule has 0 aromatic heterocycles. The van der Waals surface area contributed by atoms with Crippen LogP contribution in [0.25, 0.3) is 0 Å². The fourth-order valence-electron chi connectivity index (χ4n) is 5.07. The van der Waals surface area contributed by atoms with Crippen molar-refractivity contribution in [3.05, 3.63) is 65.7 Å². The third kappa shape index (κ3) is 4.99. The number of aliphatic hydroxyl groups is 1. The number of rotatable bonds is 8. The molecule has 2 aromatic carbocycles. The van der Waals surface area contributed by atoms with Gasteiger partial charge in [-0.2, -0.15) is 0 Å². The molecule has 4 rings (SSSR count). The standard InChI is InChI=1S/C28H38BNO5/c1-6-24(21-13-15-23(16-14-21)29-34-26(2,3)27(4,5)35-29)30-19-18-28(17-10-20-31,33-25(30)32)22-11-8-7-9-12-22/h7-9,11-16,24,31H,6,10,17-20H2,1-5H3/t24-,28+/m0/s1. The number of hydrogen-bond donors (Lipinski definition) is 1. The van der Waals surface area contributed by atoms with Crippen molar-refractivity contribution >= 4 is 18.7 Å². The van der Waals surface area contributed by atoms with E-state index in [9.17, 15) is 9.90 Å². The second kappa shape index (κ2) is 9.96. The summed E-state index contributed by atoms with van der Waals surface area (Å²) >= 11 is 0. The third-order valence-electron chi connectivity index (χ3n) is 7.92. The Hall–Kier alpha value is -2.35. The van der Waals surface area contributed by atoms with Crippen molar-refractivity contribution in [2.45, 2.75) is 83.1 Å². The van der Waals surface area contributed by atoms with Crippen LogP contribution in [0.4, 0.5) is 4.79 Å². The maximum Gasteiger partial charge on any atom is 0.494 e. The Kier molecular flexibility index (Phi) is 7.32. The molecular formula is C28H38BNO5. The van der Waals surface area contributed by atoms with E-state index in [-0.39, 0.29) is 29.9 Å². The number of ether oxygens (including phenoxy) is 1. The first-order chi connectivity index (χ1) is 16.6. The van der Waals surface area contributed by atoms with E-state index in [1.165, 1.54) is 0 Å². The van der Waals surface area contributed by atoms with Crippen LogP contribution in [0.5, 0.6) is 0 Å². The zero-order valence-corrected chi connectivity index (χ0v) is 21.6. The zero-order valence-electron chi connectivity index (χ0n) is 21.6. The summed E-state index contributed by atoms with van der Waals surface area (Å²) in [5, 5.41) is 9.44. The lowest BCUT2D eigenvalue weighted by molar-refractivity contribution is -0.0697. The summed E-state index contributed by atoms with van der Waals surface area (Å²) in [6.07, 6.45) is 2.34. The van der Waals surface area contributed by atoms with E-state index < -0.39 is 12.7 Å². The Morgan fingerprint density at radius 3 is 2.17 bits per heavy atom. The molecule has 0 radical (unpaired) electrons. The monoisotopic (exact) mass is 479 g/mol. The first-order valence-corrected chi connectivity index (χ1v) is 12.7. The summed E-state index contributed by atoms with van der Waals surface area (Å²) in [6.45, 7) is 10.9. The minimum absolute atomic E-state index is 0.0720. The third-order valence-corrected chi connectivity index (χ3v) is 7.92. The molecular weight excluding hydrogens is 441 g/mol. The van der Waals surface area contributed by atoms with Crippen molar-refractivity contribution in [1.29, 1.82) is 0 Å². The van der Waals surface area contributed by atoms with E-state index in [0.717, 1.165) is 23.0 Å². The topological polar surface area (TPSA) is 68.2 Å². The highest BCUT2D eigenvalue weighted by molar-refractivity contribution is 6.62. The summed E-state index contributed by atoms with van der Waals surface area (Å²) in [5.74, 6) is 0. The van der Waals surface area contributed by atoms with Gasteiger partial charge in [-0.25, -0.2) is 4.79 Å². The highest BCUT2D eigenvalue weighted by atomic mass is 16.7. The minimum Gasteiger partial charge on any atom is -0.438 e. The van der Waals surface area contributed by atoms with Gasteiger partial charge in [-0.05, 0) is 63.5 Å². The van der Waals surface area contributed by atoms with Gasteiger partial charge in [-0.15, -0.1) is 0 Å². The molecule has 2 fully saturated rings. The molecule has 2 aliphatic heterocycles. The van der Waals surface area contributed by atoms with Crippen molar-refractivity contribution in [2.75, 3.05) is 13.2 Å². The Morgan fingerprint density at radius 1 is 1.00 bits per heavy atom. The van der Waals surface area contributed by atoms with Gasteiger partial charge in [0, 0.05) is 19.6 Å². The average molecular weight is 479 g/mol. The van der Waals surface area contributed by atoms with Crippen molar-refractivity contribution < 1.29 is 23.9 Å². The van der Waals surface area contributed by atoms with E-state index in [0.29, 0.717) is 25.8 Å². The number of cyclic esters (lactones) is 1. The Balaban J connectivity index is 1.50. The highest BCUT2D eigenvalue weighted by Crippen LogP contribution is 2.41. The zero-order chi connectivity index (χ0) is 25.3. The lowest BCUT2D eigenvalue weighted by atomic mass is 9.78. The second-order valence-corrected chi connectivity index (χ2v) is 10.7. The summed E-state index contributed by atoms with van der Waals surface area (Å²) in [7, 11) is -0.410. The van der Waals surface area contributed by atoms with Gasteiger partial charge >= 0.3 is 13.2 Å². The molecule has 6 nitrogen and oxygen atoms in total. The quantitative estimate of drug-likeness (QED) is 0.543. The molecule has 0 spiro atoms. The van der Waals surface area contributed by atoms with Crippen molar-refractivity contribution in [2.24, 2.45) is 0 Å². The molecule has 2 saturated heterocycles. The smallest absolute Gasteiger partial charge is 0.438 e. The predicted octanol–water partition coefficient (Wildman–Crippen LogP) is 4.95. The number of nitrogens with zero attached hydrogens (tertiary/aromatic N) is 1. The van der Waals surface area contributed by atoms with Crippen molar-refractivity contribution in [3.8, 4) is 0 Å². The Bertz CT molecular complexity index is 994. The van der Waals surface area contributed by atoms with E-state index in [1.807, 2.05) is 75.1 Å². The fourth-order valence-corrected chi connectivity index (χ4v) is 5.07. The second-order valence-electron chi connectivity index (χ2n) is 10.7. The van der Waals surface area contributed by atoms with Crippen LogP contribution in [0, 0.1) is 0 Å². The molecule has 0 bridgehead atoms. The van der Waals surface area contributed by atoms with Gasteiger partial charge in [-0.1, -0.05) is 61.5 Å². The summed E-state index contributed by atoms with van der Waals surface area (Å²) in [6, 6.07) is 18.0. The Morgan fingerprint density at radius 2 is 1.63 bits per heavy atom. The molecule has 0 saturated carbocycles. The first kappa shape index (κ1) is 25.7. The molecule has 35 heavy (non-hydrogen) atoms. The molecule has 0 aliphatic carbocycles. The van der Waals surface area contributed by atoms with Gasteiger partial charge in [0.1, 0.15) is 5.60 Å². The number of carbonyl (C=O) groups excluding carboxylic acids is 1. The molecule has 2 heterocycles.